The average molecular weight is 281 g/mol. The fourth-order valence-corrected chi connectivity index (χ4v) is 3.97. The molecule has 96 valence electrons. The number of thioether (sulfide) groups is 1. The molecule has 4 heteroatoms. The molecule has 3 rings (SSSR count). The summed E-state index contributed by atoms with van der Waals surface area (Å²) in [5, 5.41) is 0. The molecule has 0 radical (unpaired) electrons. The van der Waals surface area contributed by atoms with E-state index in [9.17, 15) is 0 Å². The lowest BCUT2D eigenvalue weighted by Crippen LogP contribution is -2.17. The first-order valence-electron chi connectivity index (χ1n) is 6.41. The van der Waals surface area contributed by atoms with Gasteiger partial charge >= 0.3 is 0 Å². The van der Waals surface area contributed by atoms with Crippen molar-refractivity contribution in [3.8, 4) is 0 Å². The van der Waals surface area contributed by atoms with E-state index in [1.165, 1.54) is 35.4 Å². The van der Waals surface area contributed by atoms with E-state index in [1.54, 1.807) is 0 Å². The van der Waals surface area contributed by atoms with E-state index in [2.05, 4.69) is 46.4 Å². The maximum absolute atomic E-state index is 6.07. The number of benzene rings is 1. The fourth-order valence-electron chi connectivity index (χ4n) is 2.70. The summed E-state index contributed by atoms with van der Waals surface area (Å²) in [6.07, 6.45) is 2.46. The molecule has 0 bridgehead atoms. The summed E-state index contributed by atoms with van der Waals surface area (Å²) in [5.74, 6) is 4.02. The maximum Gasteiger partial charge on any atom is 0.125 e. The molecule has 1 aromatic heterocycles. The summed E-state index contributed by atoms with van der Waals surface area (Å²) < 4.78 is 2.38. The number of nitrogens with zero attached hydrogens (tertiary/aromatic N) is 2. The van der Waals surface area contributed by atoms with Crippen LogP contribution in [0.25, 0.3) is 11.0 Å². The van der Waals surface area contributed by atoms with Crippen LogP contribution in [0.4, 0.5) is 0 Å². The quantitative estimate of drug-likeness (QED) is 0.769. The van der Waals surface area contributed by atoms with Crippen LogP contribution in [0.15, 0.2) is 18.2 Å². The summed E-state index contributed by atoms with van der Waals surface area (Å²) in [5.41, 5.74) is 3.62. The number of aromatic nitrogens is 2. The molecule has 0 saturated carbocycles. The molecular formula is C14H17ClN2S. The van der Waals surface area contributed by atoms with Gasteiger partial charge in [-0.15, -0.1) is 11.6 Å². The molecule has 0 aliphatic carbocycles. The predicted molar refractivity (Wildman–Crippen MR) is 79.6 cm³/mol. The van der Waals surface area contributed by atoms with Crippen LogP contribution < -0.4 is 0 Å². The molecule has 0 amide bonds. The molecule has 2 nitrogen and oxygen atoms in total. The van der Waals surface area contributed by atoms with Crippen molar-refractivity contribution in [3.05, 3.63) is 29.6 Å². The molecule has 1 aliphatic rings. The van der Waals surface area contributed by atoms with Crippen LogP contribution in [0.2, 0.25) is 0 Å². The SMILES string of the molecule is Cc1ccc2nc(CCl)n(C3CCSCC3)c2c1. The number of aryl methyl sites for hydroxylation is 1. The van der Waals surface area contributed by atoms with Crippen LogP contribution in [-0.4, -0.2) is 21.1 Å². The van der Waals surface area contributed by atoms with Gasteiger partial charge in [0.25, 0.3) is 0 Å². The Labute approximate surface area is 117 Å². The summed E-state index contributed by atoms with van der Waals surface area (Å²) in [6.45, 7) is 2.13. The standard InChI is InChI=1S/C14H17ClN2S/c1-10-2-3-12-13(8-10)17(14(9-15)16-12)11-4-6-18-7-5-11/h2-3,8,11H,4-7,9H2,1H3. The van der Waals surface area contributed by atoms with Gasteiger partial charge in [-0.1, -0.05) is 6.07 Å². The van der Waals surface area contributed by atoms with Crippen LogP contribution in [0, 0.1) is 6.92 Å². The van der Waals surface area contributed by atoms with E-state index >= 15 is 0 Å². The van der Waals surface area contributed by atoms with Crippen LogP contribution in [0.3, 0.4) is 0 Å². The second-order valence-corrected chi connectivity index (χ2v) is 6.36. The highest BCUT2D eigenvalue weighted by atomic mass is 35.5. The summed E-state index contributed by atoms with van der Waals surface area (Å²) in [7, 11) is 0. The largest absolute Gasteiger partial charge is 0.324 e. The summed E-state index contributed by atoms with van der Waals surface area (Å²) in [4.78, 5) is 4.67. The van der Waals surface area contributed by atoms with Gasteiger partial charge in [0.15, 0.2) is 0 Å². The van der Waals surface area contributed by atoms with Crippen LogP contribution in [0.5, 0.6) is 0 Å². The first-order valence-corrected chi connectivity index (χ1v) is 8.09. The van der Waals surface area contributed by atoms with Gasteiger partial charge in [-0.25, -0.2) is 4.98 Å². The summed E-state index contributed by atoms with van der Waals surface area (Å²) >= 11 is 8.13. The Morgan fingerprint density at radius 3 is 2.89 bits per heavy atom. The number of hydrogen-bond donors (Lipinski definition) is 0. The molecule has 0 unspecified atom stereocenters. The second-order valence-electron chi connectivity index (χ2n) is 4.87. The van der Waals surface area contributed by atoms with Gasteiger partial charge in [-0.05, 0) is 49.0 Å². The normalized spacial score (nSPS) is 17.4. The Balaban J connectivity index is 2.14. The van der Waals surface area contributed by atoms with Crippen LogP contribution in [-0.2, 0) is 5.88 Å². The average Bonchev–Trinajstić information content (AvgIpc) is 2.77. The zero-order valence-electron chi connectivity index (χ0n) is 10.5. The van der Waals surface area contributed by atoms with Crippen molar-refractivity contribution < 1.29 is 0 Å². The van der Waals surface area contributed by atoms with Crippen molar-refractivity contribution >= 4 is 34.4 Å². The van der Waals surface area contributed by atoms with E-state index in [0.717, 1.165) is 11.3 Å². The Hall–Kier alpha value is -0.670. The smallest absolute Gasteiger partial charge is 0.125 e. The van der Waals surface area contributed by atoms with Gasteiger partial charge < -0.3 is 4.57 Å². The van der Waals surface area contributed by atoms with E-state index in [4.69, 9.17) is 11.6 Å². The molecule has 2 aromatic rings. The van der Waals surface area contributed by atoms with E-state index in [-0.39, 0.29) is 0 Å². The lowest BCUT2D eigenvalue weighted by Gasteiger charge is -2.25. The highest BCUT2D eigenvalue weighted by Crippen LogP contribution is 2.32. The van der Waals surface area contributed by atoms with Crippen molar-refractivity contribution in [3.63, 3.8) is 0 Å². The minimum atomic E-state index is 0.497. The van der Waals surface area contributed by atoms with Crippen molar-refractivity contribution in [2.75, 3.05) is 11.5 Å². The van der Waals surface area contributed by atoms with Gasteiger partial charge in [-0.2, -0.15) is 11.8 Å². The Bertz CT molecular complexity index is 558. The lowest BCUT2D eigenvalue weighted by molar-refractivity contribution is 0.470. The number of rotatable bonds is 2. The first-order chi connectivity index (χ1) is 8.79. The Morgan fingerprint density at radius 2 is 2.17 bits per heavy atom. The first kappa shape index (κ1) is 12.4. The second kappa shape index (κ2) is 5.14. The van der Waals surface area contributed by atoms with Gasteiger partial charge in [0.1, 0.15) is 5.82 Å². The number of halogens is 1. The predicted octanol–water partition coefficient (Wildman–Crippen LogP) is 4.15. The Morgan fingerprint density at radius 1 is 1.39 bits per heavy atom. The van der Waals surface area contributed by atoms with Gasteiger partial charge in [0.2, 0.25) is 0 Å². The van der Waals surface area contributed by atoms with Gasteiger partial charge in [-0.3, -0.25) is 0 Å². The highest BCUT2D eigenvalue weighted by molar-refractivity contribution is 7.99. The highest BCUT2D eigenvalue weighted by Gasteiger charge is 2.21. The topological polar surface area (TPSA) is 17.8 Å². The third kappa shape index (κ3) is 2.14. The molecule has 1 saturated heterocycles. The number of hydrogen-bond acceptors (Lipinski definition) is 2. The number of alkyl halides is 1. The molecule has 1 fully saturated rings. The maximum atomic E-state index is 6.07. The minimum Gasteiger partial charge on any atom is -0.324 e. The monoisotopic (exact) mass is 280 g/mol. The minimum absolute atomic E-state index is 0.497. The molecular weight excluding hydrogens is 264 g/mol. The molecule has 0 atom stereocenters. The summed E-state index contributed by atoms with van der Waals surface area (Å²) in [6, 6.07) is 7.04. The molecule has 2 heterocycles. The van der Waals surface area contributed by atoms with Crippen molar-refractivity contribution in [2.24, 2.45) is 0 Å². The zero-order chi connectivity index (χ0) is 12.5. The third-order valence-corrected chi connectivity index (χ3v) is 4.88. The molecule has 1 aromatic carbocycles. The van der Waals surface area contributed by atoms with Crippen LogP contribution >= 0.6 is 23.4 Å². The van der Waals surface area contributed by atoms with Crippen LogP contribution in [0.1, 0.15) is 30.3 Å². The van der Waals surface area contributed by atoms with Gasteiger partial charge in [0, 0.05) is 6.04 Å². The fraction of sp³-hybridized carbons (Fsp3) is 0.500. The molecule has 1 aliphatic heterocycles. The third-order valence-electron chi connectivity index (χ3n) is 3.59. The molecule has 18 heavy (non-hydrogen) atoms. The van der Waals surface area contributed by atoms with Gasteiger partial charge in [0.05, 0.1) is 16.9 Å². The van der Waals surface area contributed by atoms with Crippen molar-refractivity contribution in [1.82, 2.24) is 9.55 Å². The van der Waals surface area contributed by atoms with Crippen molar-refractivity contribution in [1.29, 1.82) is 0 Å². The van der Waals surface area contributed by atoms with Crippen molar-refractivity contribution in [2.45, 2.75) is 31.7 Å². The lowest BCUT2D eigenvalue weighted by atomic mass is 10.1. The molecule has 0 spiro atoms. The Kier molecular flexibility index (Phi) is 3.53. The van der Waals surface area contributed by atoms with E-state index in [0.29, 0.717) is 11.9 Å². The molecule has 0 N–H and O–H groups in total. The number of fused-ring (bicyclic) bond motifs is 1. The number of imidazole rings is 1. The zero-order valence-corrected chi connectivity index (χ0v) is 12.1. The van der Waals surface area contributed by atoms with E-state index in [1.807, 2.05) is 0 Å². The van der Waals surface area contributed by atoms with E-state index < -0.39 is 0 Å².